The fraction of sp³-hybridized carbons (Fsp3) is 1.00. The highest BCUT2D eigenvalue weighted by Gasteiger charge is 2.27. The zero-order chi connectivity index (χ0) is 12.7. The van der Waals surface area contributed by atoms with Crippen molar-refractivity contribution in [3.63, 3.8) is 0 Å². The van der Waals surface area contributed by atoms with E-state index in [0.717, 1.165) is 19.4 Å². The summed E-state index contributed by atoms with van der Waals surface area (Å²) >= 11 is 0. The van der Waals surface area contributed by atoms with Gasteiger partial charge in [-0.05, 0) is 32.4 Å². The van der Waals surface area contributed by atoms with Crippen LogP contribution in [0.15, 0.2) is 0 Å². The van der Waals surface area contributed by atoms with E-state index >= 15 is 0 Å². The molecule has 0 aromatic heterocycles. The van der Waals surface area contributed by atoms with Gasteiger partial charge in [0.15, 0.2) is 0 Å². The Morgan fingerprint density at radius 2 is 2.00 bits per heavy atom. The van der Waals surface area contributed by atoms with Gasteiger partial charge in [0.25, 0.3) is 10.2 Å². The van der Waals surface area contributed by atoms with Gasteiger partial charge in [0, 0.05) is 26.7 Å². The standard InChI is InChI=1S/C10H23N3O3S/c1-11-9-10-3-6-13(7-4-10)17(14,15)12-5-8-16-2/h10-12H,3-9H2,1-2H3. The third kappa shape index (κ3) is 4.89. The van der Waals surface area contributed by atoms with E-state index in [-0.39, 0.29) is 0 Å². The molecule has 0 aliphatic carbocycles. The average Bonchev–Trinajstić information content (AvgIpc) is 2.30. The second kappa shape index (κ2) is 7.27. The Labute approximate surface area is 104 Å². The largest absolute Gasteiger partial charge is 0.383 e. The number of hydrogen-bond donors (Lipinski definition) is 2. The smallest absolute Gasteiger partial charge is 0.279 e. The summed E-state index contributed by atoms with van der Waals surface area (Å²) in [6.45, 7) is 2.90. The summed E-state index contributed by atoms with van der Waals surface area (Å²) in [6.07, 6.45) is 1.85. The Morgan fingerprint density at radius 3 is 2.53 bits per heavy atom. The van der Waals surface area contributed by atoms with Crippen LogP contribution < -0.4 is 10.0 Å². The third-order valence-corrected chi connectivity index (χ3v) is 4.61. The van der Waals surface area contributed by atoms with Crippen molar-refractivity contribution in [2.45, 2.75) is 12.8 Å². The molecule has 17 heavy (non-hydrogen) atoms. The molecule has 1 aliphatic heterocycles. The molecule has 102 valence electrons. The van der Waals surface area contributed by atoms with Crippen molar-refractivity contribution in [1.82, 2.24) is 14.3 Å². The first-order valence-corrected chi connectivity index (χ1v) is 7.42. The second-order valence-corrected chi connectivity index (χ2v) is 6.05. The minimum atomic E-state index is -3.31. The molecule has 6 nitrogen and oxygen atoms in total. The minimum absolute atomic E-state index is 0.329. The number of piperidine rings is 1. The van der Waals surface area contributed by atoms with Gasteiger partial charge in [-0.25, -0.2) is 0 Å². The first-order chi connectivity index (χ1) is 8.10. The zero-order valence-corrected chi connectivity index (χ0v) is 11.4. The first kappa shape index (κ1) is 14.8. The average molecular weight is 265 g/mol. The topological polar surface area (TPSA) is 70.7 Å². The maximum absolute atomic E-state index is 11.9. The molecule has 0 spiro atoms. The van der Waals surface area contributed by atoms with Gasteiger partial charge in [-0.1, -0.05) is 0 Å². The molecule has 0 amide bonds. The summed E-state index contributed by atoms with van der Waals surface area (Å²) in [5.74, 6) is 0.588. The molecule has 1 aliphatic rings. The van der Waals surface area contributed by atoms with Gasteiger partial charge in [0.2, 0.25) is 0 Å². The van der Waals surface area contributed by atoms with Crippen LogP contribution >= 0.6 is 0 Å². The molecule has 1 heterocycles. The van der Waals surface area contributed by atoms with Crippen molar-refractivity contribution in [3.8, 4) is 0 Å². The zero-order valence-electron chi connectivity index (χ0n) is 10.6. The number of hydrogen-bond acceptors (Lipinski definition) is 4. The number of nitrogens with one attached hydrogen (secondary N) is 2. The van der Waals surface area contributed by atoms with E-state index in [0.29, 0.717) is 32.2 Å². The van der Waals surface area contributed by atoms with Crippen molar-refractivity contribution in [1.29, 1.82) is 0 Å². The monoisotopic (exact) mass is 265 g/mol. The molecule has 0 aromatic rings. The number of methoxy groups -OCH3 is 1. The maximum Gasteiger partial charge on any atom is 0.279 e. The lowest BCUT2D eigenvalue weighted by molar-refractivity contribution is 0.203. The summed E-state index contributed by atoms with van der Waals surface area (Å²) in [4.78, 5) is 0. The first-order valence-electron chi connectivity index (χ1n) is 5.98. The van der Waals surface area contributed by atoms with E-state index in [4.69, 9.17) is 4.74 Å². The van der Waals surface area contributed by atoms with Crippen LogP contribution in [-0.4, -0.2) is 59.7 Å². The molecule has 1 saturated heterocycles. The van der Waals surface area contributed by atoms with Crippen LogP contribution in [0.3, 0.4) is 0 Å². The highest BCUT2D eigenvalue weighted by Crippen LogP contribution is 2.18. The van der Waals surface area contributed by atoms with Gasteiger partial charge < -0.3 is 10.1 Å². The van der Waals surface area contributed by atoms with Crippen LogP contribution in [-0.2, 0) is 14.9 Å². The molecule has 0 aromatic carbocycles. The van der Waals surface area contributed by atoms with Crippen LogP contribution in [0.5, 0.6) is 0 Å². The van der Waals surface area contributed by atoms with E-state index in [9.17, 15) is 8.42 Å². The Kier molecular flexibility index (Phi) is 6.35. The summed E-state index contributed by atoms with van der Waals surface area (Å²) in [6, 6.07) is 0. The third-order valence-electron chi connectivity index (χ3n) is 3.00. The molecule has 0 bridgehead atoms. The number of rotatable bonds is 7. The lowest BCUT2D eigenvalue weighted by Gasteiger charge is -2.31. The molecule has 0 radical (unpaired) electrons. The van der Waals surface area contributed by atoms with Gasteiger partial charge in [-0.2, -0.15) is 17.4 Å². The molecule has 7 heteroatoms. The van der Waals surface area contributed by atoms with Crippen LogP contribution in [0.2, 0.25) is 0 Å². The SMILES string of the molecule is CNCC1CCN(S(=O)(=O)NCCOC)CC1. The maximum atomic E-state index is 11.9. The lowest BCUT2D eigenvalue weighted by Crippen LogP contribution is -2.46. The Hall–Kier alpha value is -0.210. The molecule has 0 atom stereocenters. The van der Waals surface area contributed by atoms with Crippen molar-refractivity contribution < 1.29 is 13.2 Å². The van der Waals surface area contributed by atoms with Crippen molar-refractivity contribution >= 4 is 10.2 Å². The number of nitrogens with zero attached hydrogens (tertiary/aromatic N) is 1. The Bertz CT molecular complexity index is 300. The van der Waals surface area contributed by atoms with Gasteiger partial charge in [-0.3, -0.25) is 0 Å². The normalized spacial score (nSPS) is 19.6. The summed E-state index contributed by atoms with van der Waals surface area (Å²) < 4.78 is 32.6. The van der Waals surface area contributed by atoms with Gasteiger partial charge >= 0.3 is 0 Å². The summed E-state index contributed by atoms with van der Waals surface area (Å²) in [7, 11) is 0.168. The van der Waals surface area contributed by atoms with Crippen LogP contribution in [0.1, 0.15) is 12.8 Å². The predicted octanol–water partition coefficient (Wildman–Crippen LogP) is -0.601. The fourth-order valence-corrected chi connectivity index (χ4v) is 3.22. The fourth-order valence-electron chi connectivity index (χ4n) is 2.01. The lowest BCUT2D eigenvalue weighted by atomic mass is 9.98. The van der Waals surface area contributed by atoms with Crippen molar-refractivity contribution in [2.24, 2.45) is 5.92 Å². The van der Waals surface area contributed by atoms with Crippen LogP contribution in [0, 0.1) is 5.92 Å². The minimum Gasteiger partial charge on any atom is -0.383 e. The van der Waals surface area contributed by atoms with Crippen molar-refractivity contribution in [2.75, 3.05) is 46.9 Å². The molecular formula is C10H23N3O3S. The molecule has 0 unspecified atom stereocenters. The number of ether oxygens (including phenoxy) is 1. The van der Waals surface area contributed by atoms with Gasteiger partial charge in [0.05, 0.1) is 6.61 Å². The quantitative estimate of drug-likeness (QED) is 0.603. The molecule has 2 N–H and O–H groups in total. The Balaban J connectivity index is 2.36. The van der Waals surface area contributed by atoms with Crippen LogP contribution in [0.4, 0.5) is 0 Å². The molecule has 1 fully saturated rings. The summed E-state index contributed by atoms with van der Waals surface area (Å²) in [5, 5.41) is 3.13. The predicted molar refractivity (Wildman–Crippen MR) is 67.0 cm³/mol. The van der Waals surface area contributed by atoms with Gasteiger partial charge in [0.1, 0.15) is 0 Å². The van der Waals surface area contributed by atoms with E-state index < -0.39 is 10.2 Å². The molecular weight excluding hydrogens is 242 g/mol. The highest BCUT2D eigenvalue weighted by molar-refractivity contribution is 7.87. The van der Waals surface area contributed by atoms with E-state index in [1.807, 2.05) is 7.05 Å². The molecule has 1 rings (SSSR count). The second-order valence-electron chi connectivity index (χ2n) is 4.29. The van der Waals surface area contributed by atoms with Gasteiger partial charge in [-0.15, -0.1) is 0 Å². The van der Waals surface area contributed by atoms with E-state index in [1.165, 1.54) is 4.31 Å². The molecule has 0 saturated carbocycles. The van der Waals surface area contributed by atoms with Crippen molar-refractivity contribution in [3.05, 3.63) is 0 Å². The van der Waals surface area contributed by atoms with E-state index in [1.54, 1.807) is 7.11 Å². The van der Waals surface area contributed by atoms with Crippen LogP contribution in [0.25, 0.3) is 0 Å². The summed E-state index contributed by atoms with van der Waals surface area (Å²) in [5.41, 5.74) is 0. The Morgan fingerprint density at radius 1 is 1.35 bits per heavy atom. The van der Waals surface area contributed by atoms with E-state index in [2.05, 4.69) is 10.0 Å². The highest BCUT2D eigenvalue weighted by atomic mass is 32.2.